The number of methoxy groups -OCH3 is 1. The summed E-state index contributed by atoms with van der Waals surface area (Å²) in [4.78, 5) is 11.2. The highest BCUT2D eigenvalue weighted by Crippen LogP contribution is 2.36. The predicted molar refractivity (Wildman–Crippen MR) is 70.1 cm³/mol. The normalized spacial score (nSPS) is 10.0. The first-order valence-electron chi connectivity index (χ1n) is 3.75. The lowest BCUT2D eigenvalue weighted by Gasteiger charge is -2.10. The summed E-state index contributed by atoms with van der Waals surface area (Å²) < 4.78 is 6.49. The molecule has 0 aliphatic carbocycles. The molecule has 1 N–H and O–H groups in total. The van der Waals surface area contributed by atoms with Crippen molar-refractivity contribution < 1.29 is 14.6 Å². The minimum Gasteiger partial charge on any atom is -0.506 e. The van der Waals surface area contributed by atoms with Crippen molar-refractivity contribution in [3.8, 4) is 11.5 Å². The Morgan fingerprint density at radius 1 is 1.50 bits per heavy atom. The minimum absolute atomic E-state index is 0.00429. The Balaban J connectivity index is 3.47. The molecular formula is C9H8I2O3. The number of aromatic hydroxyl groups is 1. The van der Waals surface area contributed by atoms with Crippen molar-refractivity contribution in [3.63, 3.8) is 0 Å². The molecule has 5 heteroatoms. The van der Waals surface area contributed by atoms with Crippen molar-refractivity contribution in [2.75, 3.05) is 7.11 Å². The molecule has 0 saturated carbocycles. The van der Waals surface area contributed by atoms with Gasteiger partial charge in [-0.25, -0.2) is 0 Å². The van der Waals surface area contributed by atoms with Crippen molar-refractivity contribution in [1.29, 1.82) is 0 Å². The topological polar surface area (TPSA) is 46.5 Å². The molecule has 0 fully saturated rings. The molecule has 1 aromatic rings. The Morgan fingerprint density at radius 3 is 2.50 bits per heavy atom. The minimum atomic E-state index is -0.152. The van der Waals surface area contributed by atoms with E-state index in [4.69, 9.17) is 4.74 Å². The lowest BCUT2D eigenvalue weighted by molar-refractivity contribution is 0.101. The fourth-order valence-corrected chi connectivity index (χ4v) is 3.17. The zero-order valence-electron chi connectivity index (χ0n) is 7.60. The summed E-state index contributed by atoms with van der Waals surface area (Å²) >= 11 is 4.03. The summed E-state index contributed by atoms with van der Waals surface area (Å²) in [6.45, 7) is 1.42. The Bertz CT molecular complexity index is 388. The van der Waals surface area contributed by atoms with Crippen molar-refractivity contribution in [1.82, 2.24) is 0 Å². The van der Waals surface area contributed by atoms with Gasteiger partial charge in [0.05, 0.1) is 19.8 Å². The summed E-state index contributed by atoms with van der Waals surface area (Å²) in [6, 6.07) is 1.62. The van der Waals surface area contributed by atoms with Crippen LogP contribution in [0.5, 0.6) is 11.5 Å². The van der Waals surface area contributed by atoms with Crippen LogP contribution in [0.3, 0.4) is 0 Å². The Hall–Kier alpha value is -0.0500. The van der Waals surface area contributed by atoms with Crippen LogP contribution in [-0.4, -0.2) is 18.0 Å². The highest BCUT2D eigenvalue weighted by Gasteiger charge is 2.17. The zero-order chi connectivity index (χ0) is 10.9. The molecule has 3 nitrogen and oxygen atoms in total. The summed E-state index contributed by atoms with van der Waals surface area (Å²) in [5, 5.41) is 9.69. The van der Waals surface area contributed by atoms with E-state index < -0.39 is 0 Å². The van der Waals surface area contributed by atoms with Gasteiger partial charge >= 0.3 is 0 Å². The van der Waals surface area contributed by atoms with E-state index in [0.29, 0.717) is 14.9 Å². The number of rotatable bonds is 2. The number of hydrogen-bond donors (Lipinski definition) is 1. The second-order valence-corrected chi connectivity index (χ2v) is 4.90. The number of carbonyl (C=O) groups is 1. The smallest absolute Gasteiger partial charge is 0.163 e. The third kappa shape index (κ3) is 2.13. The van der Waals surface area contributed by atoms with Gasteiger partial charge in [0, 0.05) is 0 Å². The number of ether oxygens (including phenoxy) is 1. The number of benzene rings is 1. The number of Topliss-reactive ketones (excluding diaryl/α,β-unsaturated/α-hetero) is 1. The second-order valence-electron chi connectivity index (χ2n) is 2.66. The molecule has 0 bridgehead atoms. The fraction of sp³-hybridized carbons (Fsp3) is 0.222. The standard InChI is InChI=1S/C9H8I2O3/c1-4(12)5-3-6(10)9(14-2)7(11)8(5)13/h3,13H,1-2H3. The first-order chi connectivity index (χ1) is 6.49. The van der Waals surface area contributed by atoms with Crippen LogP contribution in [-0.2, 0) is 0 Å². The quantitative estimate of drug-likeness (QED) is 0.594. The van der Waals surface area contributed by atoms with E-state index in [0.717, 1.165) is 3.57 Å². The molecule has 0 heterocycles. The van der Waals surface area contributed by atoms with Gasteiger partial charge in [-0.3, -0.25) is 4.79 Å². The second kappa shape index (κ2) is 4.65. The van der Waals surface area contributed by atoms with Crippen LogP contribution in [0.1, 0.15) is 17.3 Å². The molecule has 0 saturated heterocycles. The molecule has 0 atom stereocenters. The molecule has 1 aromatic carbocycles. The molecule has 0 aromatic heterocycles. The first-order valence-corrected chi connectivity index (χ1v) is 5.90. The molecule has 0 spiro atoms. The van der Waals surface area contributed by atoms with E-state index in [-0.39, 0.29) is 11.5 Å². The van der Waals surface area contributed by atoms with Crippen LogP contribution in [0.15, 0.2) is 6.07 Å². The van der Waals surface area contributed by atoms with Crippen LogP contribution in [0.25, 0.3) is 0 Å². The average molecular weight is 418 g/mol. The van der Waals surface area contributed by atoms with Gasteiger partial charge in [0.2, 0.25) is 0 Å². The van der Waals surface area contributed by atoms with Crippen LogP contribution in [0, 0.1) is 7.14 Å². The van der Waals surface area contributed by atoms with E-state index in [1.807, 2.05) is 22.6 Å². The number of halogens is 2. The largest absolute Gasteiger partial charge is 0.506 e. The van der Waals surface area contributed by atoms with Crippen molar-refractivity contribution in [3.05, 3.63) is 18.8 Å². The van der Waals surface area contributed by atoms with Gasteiger partial charge in [-0.2, -0.15) is 0 Å². The van der Waals surface area contributed by atoms with Gasteiger partial charge in [0.1, 0.15) is 11.5 Å². The van der Waals surface area contributed by atoms with Crippen LogP contribution < -0.4 is 4.74 Å². The summed E-state index contributed by atoms with van der Waals surface area (Å²) in [7, 11) is 1.53. The van der Waals surface area contributed by atoms with Gasteiger partial charge in [0.15, 0.2) is 5.78 Å². The highest BCUT2D eigenvalue weighted by molar-refractivity contribution is 14.1. The van der Waals surface area contributed by atoms with Gasteiger partial charge < -0.3 is 9.84 Å². The molecule has 0 amide bonds. The fourth-order valence-electron chi connectivity index (χ4n) is 1.05. The maximum atomic E-state index is 11.2. The summed E-state index contributed by atoms with van der Waals surface area (Å²) in [5.74, 6) is 0.449. The molecule has 1 rings (SSSR count). The van der Waals surface area contributed by atoms with E-state index >= 15 is 0 Å². The van der Waals surface area contributed by atoms with E-state index in [9.17, 15) is 9.90 Å². The molecule has 0 aliphatic rings. The van der Waals surface area contributed by atoms with Gasteiger partial charge in [0.25, 0.3) is 0 Å². The maximum Gasteiger partial charge on any atom is 0.163 e. The van der Waals surface area contributed by atoms with Crippen molar-refractivity contribution >= 4 is 51.0 Å². The Labute approximate surface area is 109 Å². The predicted octanol–water partition coefficient (Wildman–Crippen LogP) is 2.81. The number of phenols is 1. The molecule has 0 aliphatic heterocycles. The highest BCUT2D eigenvalue weighted by atomic mass is 127. The number of carbonyl (C=O) groups excluding carboxylic acids is 1. The van der Waals surface area contributed by atoms with Gasteiger partial charge in [-0.15, -0.1) is 0 Å². The Kier molecular flexibility index (Phi) is 3.99. The molecule has 0 unspecified atom stereocenters. The number of hydrogen-bond acceptors (Lipinski definition) is 3. The first kappa shape index (κ1) is 12.0. The Morgan fingerprint density at radius 2 is 2.07 bits per heavy atom. The van der Waals surface area contributed by atoms with Crippen LogP contribution in [0.4, 0.5) is 0 Å². The van der Waals surface area contributed by atoms with E-state index in [2.05, 4.69) is 22.6 Å². The van der Waals surface area contributed by atoms with Crippen molar-refractivity contribution in [2.24, 2.45) is 0 Å². The number of phenolic OH excluding ortho intramolecular Hbond substituents is 1. The zero-order valence-corrected chi connectivity index (χ0v) is 11.9. The molecule has 0 radical (unpaired) electrons. The maximum absolute atomic E-state index is 11.2. The SMILES string of the molecule is COc1c(I)cc(C(C)=O)c(O)c1I. The lowest BCUT2D eigenvalue weighted by atomic mass is 10.1. The van der Waals surface area contributed by atoms with Gasteiger partial charge in [-0.1, -0.05) is 0 Å². The monoisotopic (exact) mass is 418 g/mol. The molecule has 76 valence electrons. The third-order valence-corrected chi connectivity index (χ3v) is 3.54. The van der Waals surface area contributed by atoms with Gasteiger partial charge in [-0.05, 0) is 58.2 Å². The van der Waals surface area contributed by atoms with Crippen LogP contribution in [0.2, 0.25) is 0 Å². The average Bonchev–Trinajstić information content (AvgIpc) is 2.12. The third-order valence-electron chi connectivity index (χ3n) is 1.73. The van der Waals surface area contributed by atoms with E-state index in [1.165, 1.54) is 14.0 Å². The molecule has 14 heavy (non-hydrogen) atoms. The number of ketones is 1. The summed E-state index contributed by atoms with van der Waals surface area (Å²) in [5.41, 5.74) is 0.333. The van der Waals surface area contributed by atoms with Crippen molar-refractivity contribution in [2.45, 2.75) is 6.92 Å². The van der Waals surface area contributed by atoms with Crippen LogP contribution >= 0.6 is 45.2 Å². The van der Waals surface area contributed by atoms with E-state index in [1.54, 1.807) is 6.07 Å². The molecular weight excluding hydrogens is 410 g/mol. The summed E-state index contributed by atoms with van der Waals surface area (Å²) in [6.07, 6.45) is 0. The lowest BCUT2D eigenvalue weighted by Crippen LogP contribution is -1.99.